The summed E-state index contributed by atoms with van der Waals surface area (Å²) in [6.45, 7) is 0. The number of ether oxygens (including phenoxy) is 1. The second-order valence-corrected chi connectivity index (χ2v) is 5.18. The summed E-state index contributed by atoms with van der Waals surface area (Å²) in [5.74, 6) is 0.958. The second kappa shape index (κ2) is 5.44. The van der Waals surface area contributed by atoms with E-state index in [1.54, 1.807) is 12.1 Å². The summed E-state index contributed by atoms with van der Waals surface area (Å²) in [6.07, 6.45) is 1.04. The van der Waals surface area contributed by atoms with E-state index >= 15 is 0 Å². The molecule has 0 bridgehead atoms. The van der Waals surface area contributed by atoms with E-state index in [1.165, 1.54) is 18.7 Å². The summed E-state index contributed by atoms with van der Waals surface area (Å²) in [4.78, 5) is 10.5. The maximum atomic E-state index is 10.9. The van der Waals surface area contributed by atoms with Crippen LogP contribution in [0.2, 0.25) is 0 Å². The molecule has 3 rings (SSSR count). The first-order valence-corrected chi connectivity index (χ1v) is 6.82. The monoisotopic (exact) mass is 284 g/mol. The smallest absolute Gasteiger partial charge is 0.275 e. The maximum Gasteiger partial charge on any atom is 0.275 e. The molecule has 5 nitrogen and oxygen atoms in total. The van der Waals surface area contributed by atoms with Crippen molar-refractivity contribution in [3.8, 4) is 5.75 Å². The van der Waals surface area contributed by atoms with Crippen molar-refractivity contribution in [2.45, 2.75) is 18.4 Å². The molecule has 0 aromatic heterocycles. The molecule has 1 N–H and O–H groups in total. The number of rotatable bonds is 5. The van der Waals surface area contributed by atoms with Crippen molar-refractivity contribution in [3.05, 3.63) is 64.2 Å². The van der Waals surface area contributed by atoms with Crippen LogP contribution >= 0.6 is 0 Å². The molecule has 1 saturated carbocycles. The summed E-state index contributed by atoms with van der Waals surface area (Å²) >= 11 is 0. The fraction of sp³-hybridized carbons (Fsp3) is 0.250. The van der Waals surface area contributed by atoms with Crippen molar-refractivity contribution in [2.24, 2.45) is 0 Å². The Bertz CT molecular complexity index is 658. The molecule has 2 aromatic rings. The molecule has 2 aromatic carbocycles. The van der Waals surface area contributed by atoms with Crippen LogP contribution in [0.25, 0.3) is 0 Å². The average molecular weight is 284 g/mol. The third kappa shape index (κ3) is 2.97. The van der Waals surface area contributed by atoms with Crippen LogP contribution < -0.4 is 10.1 Å². The van der Waals surface area contributed by atoms with Gasteiger partial charge in [0.15, 0.2) is 0 Å². The first kappa shape index (κ1) is 13.4. The van der Waals surface area contributed by atoms with Gasteiger partial charge in [0.2, 0.25) is 0 Å². The number of nitrogens with one attached hydrogen (secondary N) is 1. The highest BCUT2D eigenvalue weighted by Crippen LogP contribution is 2.43. The first-order valence-electron chi connectivity index (χ1n) is 6.82. The van der Waals surface area contributed by atoms with E-state index in [1.807, 2.05) is 18.2 Å². The number of hydrogen-bond donors (Lipinski definition) is 1. The van der Waals surface area contributed by atoms with Gasteiger partial charge in [0.25, 0.3) is 5.69 Å². The van der Waals surface area contributed by atoms with Crippen molar-refractivity contribution >= 4 is 11.4 Å². The number of anilines is 1. The zero-order valence-corrected chi connectivity index (χ0v) is 11.7. The Morgan fingerprint density at radius 2 is 2.00 bits per heavy atom. The molecule has 0 aliphatic heterocycles. The highest BCUT2D eigenvalue weighted by molar-refractivity contribution is 5.58. The van der Waals surface area contributed by atoms with Gasteiger partial charge in [0, 0.05) is 29.8 Å². The van der Waals surface area contributed by atoms with Gasteiger partial charge in [0.05, 0.1) is 18.1 Å². The van der Waals surface area contributed by atoms with Crippen molar-refractivity contribution < 1.29 is 9.66 Å². The summed E-state index contributed by atoms with van der Waals surface area (Å²) in [6, 6.07) is 15.4. The van der Waals surface area contributed by atoms with Crippen LogP contribution in [0.15, 0.2) is 48.5 Å². The Hall–Kier alpha value is -2.56. The van der Waals surface area contributed by atoms with E-state index < -0.39 is 4.92 Å². The van der Waals surface area contributed by atoms with Gasteiger partial charge in [-0.3, -0.25) is 10.1 Å². The number of nitrogens with zero attached hydrogens (tertiary/aromatic N) is 1. The molecule has 0 amide bonds. The summed E-state index contributed by atoms with van der Waals surface area (Å²) < 4.78 is 5.11. The number of hydrogen-bond acceptors (Lipinski definition) is 4. The zero-order valence-electron chi connectivity index (χ0n) is 11.7. The molecule has 21 heavy (non-hydrogen) atoms. The molecule has 108 valence electrons. The lowest BCUT2D eigenvalue weighted by molar-refractivity contribution is -0.384. The Morgan fingerprint density at radius 1 is 1.24 bits per heavy atom. The lowest BCUT2D eigenvalue weighted by Crippen LogP contribution is -2.05. The van der Waals surface area contributed by atoms with Gasteiger partial charge in [-0.2, -0.15) is 0 Å². The van der Waals surface area contributed by atoms with Crippen molar-refractivity contribution in [1.29, 1.82) is 0 Å². The minimum Gasteiger partial charge on any atom is -0.496 e. The fourth-order valence-corrected chi connectivity index (χ4v) is 2.53. The van der Waals surface area contributed by atoms with Crippen molar-refractivity contribution in [3.63, 3.8) is 0 Å². The van der Waals surface area contributed by atoms with Gasteiger partial charge < -0.3 is 10.1 Å². The molecular weight excluding hydrogens is 268 g/mol. The summed E-state index contributed by atoms with van der Waals surface area (Å²) in [5, 5.41) is 14.3. The van der Waals surface area contributed by atoms with E-state index in [-0.39, 0.29) is 5.69 Å². The third-order valence-electron chi connectivity index (χ3n) is 3.71. The van der Waals surface area contributed by atoms with Crippen molar-refractivity contribution in [1.82, 2.24) is 0 Å². The molecule has 2 atom stereocenters. The molecule has 1 fully saturated rings. The Balaban J connectivity index is 1.74. The Kier molecular flexibility index (Phi) is 3.48. The van der Waals surface area contributed by atoms with E-state index in [4.69, 9.17) is 4.74 Å². The van der Waals surface area contributed by atoms with Crippen LogP contribution in [0.4, 0.5) is 11.4 Å². The number of benzene rings is 2. The van der Waals surface area contributed by atoms with Gasteiger partial charge >= 0.3 is 0 Å². The van der Waals surface area contributed by atoms with Crippen LogP contribution in [-0.2, 0) is 0 Å². The summed E-state index contributed by atoms with van der Waals surface area (Å²) in [5.41, 5.74) is 2.06. The van der Waals surface area contributed by atoms with Crippen LogP contribution in [-0.4, -0.2) is 18.1 Å². The van der Waals surface area contributed by atoms with E-state index in [0.29, 0.717) is 17.7 Å². The fourth-order valence-electron chi connectivity index (χ4n) is 2.53. The molecule has 0 saturated heterocycles. The number of nitro groups is 1. The molecule has 1 aliphatic rings. The van der Waals surface area contributed by atoms with Crippen LogP contribution in [0.1, 0.15) is 17.9 Å². The van der Waals surface area contributed by atoms with Crippen molar-refractivity contribution in [2.75, 3.05) is 12.4 Å². The van der Waals surface area contributed by atoms with Crippen LogP contribution in [0, 0.1) is 10.1 Å². The predicted molar refractivity (Wildman–Crippen MR) is 80.9 cm³/mol. The van der Waals surface area contributed by atoms with Gasteiger partial charge in [-0.05, 0) is 12.0 Å². The highest BCUT2D eigenvalue weighted by Gasteiger charge is 2.38. The van der Waals surface area contributed by atoms with E-state index in [0.717, 1.165) is 12.1 Å². The largest absolute Gasteiger partial charge is 0.496 e. The van der Waals surface area contributed by atoms with Crippen LogP contribution in [0.3, 0.4) is 0 Å². The normalized spacial score (nSPS) is 19.9. The maximum absolute atomic E-state index is 10.9. The summed E-state index contributed by atoms with van der Waals surface area (Å²) in [7, 11) is 1.51. The molecule has 0 radical (unpaired) electrons. The van der Waals surface area contributed by atoms with Gasteiger partial charge in [0.1, 0.15) is 5.75 Å². The molecule has 2 unspecified atom stereocenters. The highest BCUT2D eigenvalue weighted by atomic mass is 16.6. The van der Waals surface area contributed by atoms with Gasteiger partial charge in [-0.25, -0.2) is 0 Å². The molecule has 5 heteroatoms. The lowest BCUT2D eigenvalue weighted by atomic mass is 10.1. The van der Waals surface area contributed by atoms with Gasteiger partial charge in [-0.15, -0.1) is 0 Å². The average Bonchev–Trinajstić information content (AvgIpc) is 3.27. The number of methoxy groups -OCH3 is 1. The predicted octanol–water partition coefficient (Wildman–Crippen LogP) is 3.57. The quantitative estimate of drug-likeness (QED) is 0.673. The van der Waals surface area contributed by atoms with E-state index in [2.05, 4.69) is 17.4 Å². The van der Waals surface area contributed by atoms with Crippen LogP contribution in [0.5, 0.6) is 5.75 Å². The number of nitro benzene ring substituents is 1. The topological polar surface area (TPSA) is 64.4 Å². The second-order valence-electron chi connectivity index (χ2n) is 5.18. The minimum atomic E-state index is -0.407. The standard InChI is InChI=1S/C16H16N2O3/c1-21-14-8-12(7-13(9-14)18(19)20)17-16-10-15(16)11-5-3-2-4-6-11/h2-9,15-17H,10H2,1H3. The SMILES string of the molecule is COc1cc(NC2CC2c2ccccc2)cc([N+](=O)[O-])c1. The molecule has 0 heterocycles. The molecule has 1 aliphatic carbocycles. The molecular formula is C16H16N2O3. The van der Waals surface area contributed by atoms with E-state index in [9.17, 15) is 10.1 Å². The Labute approximate surface area is 122 Å². The first-order chi connectivity index (χ1) is 10.2. The zero-order chi connectivity index (χ0) is 14.8. The number of non-ortho nitro benzene ring substituents is 1. The third-order valence-corrected chi connectivity index (χ3v) is 3.71. The van der Waals surface area contributed by atoms with Gasteiger partial charge in [-0.1, -0.05) is 30.3 Å². The minimum absolute atomic E-state index is 0.0359. The lowest BCUT2D eigenvalue weighted by Gasteiger charge is -2.08. The molecule has 0 spiro atoms. The Morgan fingerprint density at radius 3 is 2.67 bits per heavy atom.